The summed E-state index contributed by atoms with van der Waals surface area (Å²) < 4.78 is 5.22. The van der Waals surface area contributed by atoms with Crippen LogP contribution >= 0.6 is 11.3 Å². The lowest BCUT2D eigenvalue weighted by atomic mass is 9.96. The van der Waals surface area contributed by atoms with Crippen LogP contribution in [0.5, 0.6) is 0 Å². The first-order chi connectivity index (χ1) is 13.7. The van der Waals surface area contributed by atoms with E-state index in [4.69, 9.17) is 4.74 Å². The van der Waals surface area contributed by atoms with E-state index in [1.54, 1.807) is 20.8 Å². The van der Waals surface area contributed by atoms with Crippen LogP contribution in [0.25, 0.3) is 0 Å². The minimum absolute atomic E-state index is 0.0662. The van der Waals surface area contributed by atoms with Gasteiger partial charge in [0, 0.05) is 30.4 Å². The lowest BCUT2D eigenvalue weighted by molar-refractivity contribution is -0.120. The summed E-state index contributed by atoms with van der Waals surface area (Å²) in [5.41, 5.74) is 2.45. The molecule has 0 radical (unpaired) electrons. The van der Waals surface area contributed by atoms with Crippen molar-refractivity contribution in [1.29, 1.82) is 0 Å². The Labute approximate surface area is 174 Å². The van der Waals surface area contributed by atoms with Crippen LogP contribution in [0.4, 0.5) is 11.1 Å². The van der Waals surface area contributed by atoms with Gasteiger partial charge in [-0.15, -0.1) is 0 Å². The van der Waals surface area contributed by atoms with Crippen LogP contribution in [0.1, 0.15) is 53.4 Å². The second-order valence-corrected chi connectivity index (χ2v) is 8.59. The van der Waals surface area contributed by atoms with Crippen LogP contribution in [-0.4, -0.2) is 46.0 Å². The van der Waals surface area contributed by atoms with Crippen LogP contribution in [0, 0.1) is 26.7 Å². The maximum atomic E-state index is 12.7. The Morgan fingerprint density at radius 1 is 1.14 bits per heavy atom. The van der Waals surface area contributed by atoms with Crippen molar-refractivity contribution in [3.05, 3.63) is 28.0 Å². The second kappa shape index (κ2) is 8.86. The van der Waals surface area contributed by atoms with Crippen LogP contribution in [0.2, 0.25) is 0 Å². The van der Waals surface area contributed by atoms with Crippen LogP contribution in [0.15, 0.2) is 6.07 Å². The van der Waals surface area contributed by atoms with Crippen molar-refractivity contribution in [3.63, 3.8) is 0 Å². The molecule has 3 heterocycles. The standard InChI is InChI=1S/C20H27N5O3S/c1-11(2)28-18(27)16-14(5)23-20(29-16)24-17(26)15-6-8-25(9-7-15)19-21-12(3)10-13(4)22-19/h10-11,15H,6-9H2,1-5H3,(H,23,24,26). The summed E-state index contributed by atoms with van der Waals surface area (Å²) in [7, 11) is 0. The summed E-state index contributed by atoms with van der Waals surface area (Å²) in [5, 5.41) is 3.30. The molecule has 1 aliphatic heterocycles. The van der Waals surface area contributed by atoms with E-state index in [0.717, 1.165) is 54.6 Å². The summed E-state index contributed by atoms with van der Waals surface area (Å²) in [6.07, 6.45) is 1.23. The largest absolute Gasteiger partial charge is 0.459 e. The predicted octanol–water partition coefficient (Wildman–Crippen LogP) is 3.28. The highest BCUT2D eigenvalue weighted by molar-refractivity contribution is 7.17. The maximum Gasteiger partial charge on any atom is 0.350 e. The van der Waals surface area contributed by atoms with Gasteiger partial charge in [-0.2, -0.15) is 0 Å². The average molecular weight is 418 g/mol. The smallest absolute Gasteiger partial charge is 0.350 e. The van der Waals surface area contributed by atoms with Crippen molar-refractivity contribution < 1.29 is 14.3 Å². The van der Waals surface area contributed by atoms with Crippen molar-refractivity contribution in [2.75, 3.05) is 23.3 Å². The maximum absolute atomic E-state index is 12.7. The summed E-state index contributed by atoms with van der Waals surface area (Å²) >= 11 is 1.15. The third-order valence-electron chi connectivity index (χ3n) is 4.67. The molecule has 2 aromatic rings. The van der Waals surface area contributed by atoms with Gasteiger partial charge in [-0.3, -0.25) is 4.79 Å². The molecule has 0 bridgehead atoms. The van der Waals surface area contributed by atoms with Crippen molar-refractivity contribution in [2.24, 2.45) is 5.92 Å². The number of amides is 1. The Morgan fingerprint density at radius 3 is 2.34 bits per heavy atom. The molecule has 1 aliphatic rings. The predicted molar refractivity (Wildman–Crippen MR) is 112 cm³/mol. The molecule has 1 amide bonds. The summed E-state index contributed by atoms with van der Waals surface area (Å²) in [4.78, 5) is 40.7. The number of carbonyl (C=O) groups is 2. The molecule has 0 saturated carbocycles. The van der Waals surface area contributed by atoms with Crippen LogP contribution < -0.4 is 10.2 Å². The first kappa shape index (κ1) is 21.2. The van der Waals surface area contributed by atoms with Gasteiger partial charge in [0.2, 0.25) is 11.9 Å². The molecule has 3 rings (SSSR count). The first-order valence-electron chi connectivity index (χ1n) is 9.79. The number of hydrogen-bond donors (Lipinski definition) is 1. The van der Waals surface area contributed by atoms with Gasteiger partial charge in [-0.1, -0.05) is 11.3 Å². The zero-order valence-corrected chi connectivity index (χ0v) is 18.3. The Balaban J connectivity index is 1.58. The fourth-order valence-corrected chi connectivity index (χ4v) is 4.16. The number of ether oxygens (including phenoxy) is 1. The number of aryl methyl sites for hydroxylation is 3. The molecule has 156 valence electrons. The Bertz CT molecular complexity index is 883. The number of nitrogens with one attached hydrogen (secondary N) is 1. The molecular formula is C20H27N5O3S. The topological polar surface area (TPSA) is 97.3 Å². The van der Waals surface area contributed by atoms with E-state index < -0.39 is 5.97 Å². The zero-order chi connectivity index (χ0) is 21.1. The monoisotopic (exact) mass is 417 g/mol. The van der Waals surface area contributed by atoms with Gasteiger partial charge in [0.15, 0.2) is 5.13 Å². The van der Waals surface area contributed by atoms with Crippen molar-refractivity contribution >= 4 is 34.3 Å². The molecule has 29 heavy (non-hydrogen) atoms. The number of carbonyl (C=O) groups excluding carboxylic acids is 2. The summed E-state index contributed by atoms with van der Waals surface area (Å²) in [5.74, 6) is 0.151. The fraction of sp³-hybridized carbons (Fsp3) is 0.550. The molecule has 0 atom stereocenters. The molecule has 1 fully saturated rings. The zero-order valence-electron chi connectivity index (χ0n) is 17.5. The number of rotatable bonds is 5. The second-order valence-electron chi connectivity index (χ2n) is 7.59. The van der Waals surface area contributed by atoms with E-state index in [1.165, 1.54) is 0 Å². The third kappa shape index (κ3) is 5.29. The van der Waals surface area contributed by atoms with Gasteiger partial charge in [-0.05, 0) is 53.5 Å². The van der Waals surface area contributed by atoms with E-state index in [-0.39, 0.29) is 17.9 Å². The third-order valence-corrected chi connectivity index (χ3v) is 5.73. The normalized spacial score (nSPS) is 14.9. The average Bonchev–Trinajstić information content (AvgIpc) is 3.00. The van der Waals surface area contributed by atoms with Crippen LogP contribution in [0.3, 0.4) is 0 Å². The number of esters is 1. The Hall–Kier alpha value is -2.55. The van der Waals surface area contributed by atoms with Gasteiger partial charge in [0.05, 0.1) is 11.8 Å². The molecule has 0 spiro atoms. The SMILES string of the molecule is Cc1cc(C)nc(N2CCC(C(=O)Nc3nc(C)c(C(=O)OC(C)C)s3)CC2)n1. The summed E-state index contributed by atoms with van der Waals surface area (Å²) in [6.45, 7) is 10.7. The van der Waals surface area contributed by atoms with Crippen LogP contribution in [-0.2, 0) is 9.53 Å². The van der Waals surface area contributed by atoms with Crippen molar-refractivity contribution in [2.45, 2.75) is 53.6 Å². The number of aromatic nitrogens is 3. The van der Waals surface area contributed by atoms with Gasteiger partial charge in [0.25, 0.3) is 0 Å². The fourth-order valence-electron chi connectivity index (χ4n) is 3.30. The lowest BCUT2D eigenvalue weighted by Crippen LogP contribution is -2.39. The van der Waals surface area contributed by atoms with E-state index in [9.17, 15) is 9.59 Å². The molecular weight excluding hydrogens is 390 g/mol. The number of thiazole rings is 1. The molecule has 8 nitrogen and oxygen atoms in total. The highest BCUT2D eigenvalue weighted by Crippen LogP contribution is 2.26. The molecule has 0 unspecified atom stereocenters. The van der Waals surface area contributed by atoms with Gasteiger partial charge >= 0.3 is 5.97 Å². The molecule has 1 saturated heterocycles. The minimum atomic E-state index is -0.405. The number of nitrogens with zero attached hydrogens (tertiary/aromatic N) is 4. The van der Waals surface area contributed by atoms with Crippen molar-refractivity contribution in [3.8, 4) is 0 Å². The van der Waals surface area contributed by atoms with Gasteiger partial charge < -0.3 is 15.0 Å². The van der Waals surface area contributed by atoms with E-state index in [2.05, 4.69) is 25.2 Å². The Kier molecular flexibility index (Phi) is 6.46. The molecule has 0 aliphatic carbocycles. The first-order valence-corrected chi connectivity index (χ1v) is 10.6. The van der Waals surface area contributed by atoms with Gasteiger partial charge in [0.1, 0.15) is 4.88 Å². The van der Waals surface area contributed by atoms with Crippen molar-refractivity contribution in [1.82, 2.24) is 15.0 Å². The minimum Gasteiger partial charge on any atom is -0.459 e. The number of piperidine rings is 1. The van der Waals surface area contributed by atoms with Gasteiger partial charge in [-0.25, -0.2) is 19.7 Å². The summed E-state index contributed by atoms with van der Waals surface area (Å²) in [6, 6.07) is 1.95. The van der Waals surface area contributed by atoms with E-state index in [0.29, 0.717) is 15.7 Å². The highest BCUT2D eigenvalue weighted by Gasteiger charge is 2.27. The number of hydrogen-bond acceptors (Lipinski definition) is 8. The quantitative estimate of drug-likeness (QED) is 0.746. The lowest BCUT2D eigenvalue weighted by Gasteiger charge is -2.31. The highest BCUT2D eigenvalue weighted by atomic mass is 32.1. The Morgan fingerprint density at radius 2 is 1.76 bits per heavy atom. The molecule has 2 aromatic heterocycles. The molecule has 1 N–H and O–H groups in total. The van der Waals surface area contributed by atoms with E-state index >= 15 is 0 Å². The molecule has 9 heteroatoms. The molecule has 0 aromatic carbocycles. The number of anilines is 2. The van der Waals surface area contributed by atoms with E-state index in [1.807, 2.05) is 19.9 Å².